The SMILES string of the molecule is CC(OCCCC1CCCNC1)c1nccs1. The topological polar surface area (TPSA) is 34.1 Å². The number of hydrogen-bond acceptors (Lipinski definition) is 4. The number of nitrogens with one attached hydrogen (secondary N) is 1. The van der Waals surface area contributed by atoms with Crippen molar-refractivity contribution in [3.63, 3.8) is 0 Å². The number of nitrogens with zero attached hydrogens (tertiary/aromatic N) is 1. The Kier molecular flexibility index (Phi) is 5.42. The van der Waals surface area contributed by atoms with Gasteiger partial charge in [-0.1, -0.05) is 0 Å². The van der Waals surface area contributed by atoms with Crippen LogP contribution in [-0.4, -0.2) is 24.7 Å². The fourth-order valence-electron chi connectivity index (χ4n) is 2.31. The second kappa shape index (κ2) is 7.09. The van der Waals surface area contributed by atoms with Gasteiger partial charge in [-0.3, -0.25) is 0 Å². The van der Waals surface area contributed by atoms with Crippen LogP contribution in [0.4, 0.5) is 0 Å². The molecule has 1 aromatic rings. The molecule has 0 aromatic carbocycles. The first-order valence-corrected chi connectivity index (χ1v) is 7.46. The summed E-state index contributed by atoms with van der Waals surface area (Å²) >= 11 is 1.67. The summed E-state index contributed by atoms with van der Waals surface area (Å²) in [5.74, 6) is 0.863. The number of ether oxygens (including phenoxy) is 1. The molecule has 0 bridgehead atoms. The molecule has 96 valence electrons. The zero-order chi connectivity index (χ0) is 11.9. The molecule has 1 N–H and O–H groups in total. The molecule has 1 saturated heterocycles. The van der Waals surface area contributed by atoms with E-state index in [0.29, 0.717) is 0 Å². The van der Waals surface area contributed by atoms with Crippen LogP contribution >= 0.6 is 11.3 Å². The maximum atomic E-state index is 5.80. The molecule has 17 heavy (non-hydrogen) atoms. The van der Waals surface area contributed by atoms with Crippen LogP contribution in [0.5, 0.6) is 0 Å². The second-order valence-corrected chi connectivity index (χ2v) is 5.66. The molecule has 0 saturated carbocycles. The van der Waals surface area contributed by atoms with Gasteiger partial charge in [-0.15, -0.1) is 11.3 Å². The summed E-state index contributed by atoms with van der Waals surface area (Å²) in [6, 6.07) is 0. The lowest BCUT2D eigenvalue weighted by Crippen LogP contribution is -2.29. The Hall–Kier alpha value is -0.450. The molecule has 0 radical (unpaired) electrons. The smallest absolute Gasteiger partial charge is 0.121 e. The van der Waals surface area contributed by atoms with Crippen LogP contribution in [0.3, 0.4) is 0 Å². The molecule has 1 aromatic heterocycles. The number of rotatable bonds is 6. The molecule has 2 rings (SSSR count). The van der Waals surface area contributed by atoms with Crippen LogP contribution in [0.2, 0.25) is 0 Å². The lowest BCUT2D eigenvalue weighted by atomic mass is 9.95. The normalized spacial score (nSPS) is 22.5. The molecule has 2 heterocycles. The summed E-state index contributed by atoms with van der Waals surface area (Å²) in [7, 11) is 0. The van der Waals surface area contributed by atoms with Crippen LogP contribution in [0, 0.1) is 5.92 Å². The molecule has 2 unspecified atom stereocenters. The van der Waals surface area contributed by atoms with Gasteiger partial charge in [0.15, 0.2) is 0 Å². The number of aromatic nitrogens is 1. The molecule has 0 spiro atoms. The van der Waals surface area contributed by atoms with Gasteiger partial charge in [-0.2, -0.15) is 0 Å². The average Bonchev–Trinajstić information content (AvgIpc) is 2.89. The van der Waals surface area contributed by atoms with Gasteiger partial charge in [0.25, 0.3) is 0 Å². The predicted molar refractivity (Wildman–Crippen MR) is 71.3 cm³/mol. The van der Waals surface area contributed by atoms with E-state index in [0.717, 1.165) is 17.5 Å². The molecule has 0 amide bonds. The summed E-state index contributed by atoms with van der Waals surface area (Å²) < 4.78 is 5.80. The first-order chi connectivity index (χ1) is 8.36. The molecule has 1 aliphatic rings. The Labute approximate surface area is 108 Å². The van der Waals surface area contributed by atoms with Gasteiger partial charge in [-0.05, 0) is 51.6 Å². The Morgan fingerprint density at radius 3 is 3.29 bits per heavy atom. The fraction of sp³-hybridized carbons (Fsp3) is 0.769. The Morgan fingerprint density at radius 1 is 1.65 bits per heavy atom. The van der Waals surface area contributed by atoms with Crippen LogP contribution in [-0.2, 0) is 4.74 Å². The van der Waals surface area contributed by atoms with Gasteiger partial charge in [-0.25, -0.2) is 4.98 Å². The van der Waals surface area contributed by atoms with E-state index in [1.165, 1.54) is 38.8 Å². The number of hydrogen-bond donors (Lipinski definition) is 1. The molecule has 0 aliphatic carbocycles. The van der Waals surface area contributed by atoms with E-state index in [2.05, 4.69) is 17.2 Å². The minimum Gasteiger partial charge on any atom is -0.371 e. The average molecular weight is 254 g/mol. The Morgan fingerprint density at radius 2 is 2.59 bits per heavy atom. The third kappa shape index (κ3) is 4.37. The van der Waals surface area contributed by atoms with Gasteiger partial charge in [0.2, 0.25) is 0 Å². The highest BCUT2D eigenvalue weighted by Gasteiger charge is 2.13. The maximum Gasteiger partial charge on any atom is 0.121 e. The summed E-state index contributed by atoms with van der Waals surface area (Å²) in [6.45, 7) is 5.34. The summed E-state index contributed by atoms with van der Waals surface area (Å²) in [6.07, 6.45) is 7.17. The largest absolute Gasteiger partial charge is 0.371 e. The van der Waals surface area contributed by atoms with Gasteiger partial charge in [0.1, 0.15) is 11.1 Å². The second-order valence-electron chi connectivity index (χ2n) is 4.74. The number of piperidine rings is 1. The van der Waals surface area contributed by atoms with Crippen molar-refractivity contribution in [1.82, 2.24) is 10.3 Å². The van der Waals surface area contributed by atoms with Gasteiger partial charge >= 0.3 is 0 Å². The number of thiazole rings is 1. The fourth-order valence-corrected chi connectivity index (χ4v) is 2.95. The summed E-state index contributed by atoms with van der Waals surface area (Å²) in [5, 5.41) is 6.55. The van der Waals surface area contributed by atoms with Crippen LogP contribution in [0.25, 0.3) is 0 Å². The van der Waals surface area contributed by atoms with E-state index in [-0.39, 0.29) is 6.10 Å². The van der Waals surface area contributed by atoms with E-state index < -0.39 is 0 Å². The minimum atomic E-state index is 0.152. The molecule has 4 heteroatoms. The van der Waals surface area contributed by atoms with Crippen molar-refractivity contribution in [3.8, 4) is 0 Å². The zero-order valence-corrected chi connectivity index (χ0v) is 11.3. The van der Waals surface area contributed by atoms with E-state index in [9.17, 15) is 0 Å². The predicted octanol–water partition coefficient (Wildman–Crippen LogP) is 3.00. The summed E-state index contributed by atoms with van der Waals surface area (Å²) in [4.78, 5) is 4.27. The van der Waals surface area contributed by atoms with E-state index in [1.54, 1.807) is 11.3 Å². The molecule has 3 nitrogen and oxygen atoms in total. The van der Waals surface area contributed by atoms with Crippen LogP contribution in [0.1, 0.15) is 43.7 Å². The minimum absolute atomic E-state index is 0.152. The highest BCUT2D eigenvalue weighted by molar-refractivity contribution is 7.09. The molecule has 1 aliphatic heterocycles. The third-order valence-electron chi connectivity index (χ3n) is 3.32. The van der Waals surface area contributed by atoms with E-state index in [4.69, 9.17) is 4.74 Å². The van der Waals surface area contributed by atoms with E-state index >= 15 is 0 Å². The van der Waals surface area contributed by atoms with Crippen molar-refractivity contribution >= 4 is 11.3 Å². The zero-order valence-electron chi connectivity index (χ0n) is 10.5. The van der Waals surface area contributed by atoms with Crippen LogP contribution < -0.4 is 5.32 Å². The molecule has 1 fully saturated rings. The van der Waals surface area contributed by atoms with Crippen molar-refractivity contribution in [2.75, 3.05) is 19.7 Å². The van der Waals surface area contributed by atoms with Crippen molar-refractivity contribution in [2.24, 2.45) is 5.92 Å². The maximum absolute atomic E-state index is 5.80. The molecular formula is C13H22N2OS. The highest BCUT2D eigenvalue weighted by Crippen LogP contribution is 2.20. The summed E-state index contributed by atoms with van der Waals surface area (Å²) in [5.41, 5.74) is 0. The molecular weight excluding hydrogens is 232 g/mol. The highest BCUT2D eigenvalue weighted by atomic mass is 32.1. The quantitative estimate of drug-likeness (QED) is 0.792. The standard InChI is InChI=1S/C13H22N2OS/c1-11(13-15-7-9-17-13)16-8-3-5-12-4-2-6-14-10-12/h7,9,11-12,14H,2-6,8,10H2,1H3. The van der Waals surface area contributed by atoms with Gasteiger partial charge < -0.3 is 10.1 Å². The lowest BCUT2D eigenvalue weighted by Gasteiger charge is -2.22. The van der Waals surface area contributed by atoms with Gasteiger partial charge in [0, 0.05) is 18.2 Å². The van der Waals surface area contributed by atoms with Crippen molar-refractivity contribution in [2.45, 2.75) is 38.7 Å². The van der Waals surface area contributed by atoms with E-state index in [1.807, 2.05) is 11.6 Å². The monoisotopic (exact) mass is 254 g/mol. The lowest BCUT2D eigenvalue weighted by molar-refractivity contribution is 0.0600. The third-order valence-corrected chi connectivity index (χ3v) is 4.26. The van der Waals surface area contributed by atoms with Gasteiger partial charge in [0.05, 0.1) is 0 Å². The first kappa shape index (κ1) is 13.0. The van der Waals surface area contributed by atoms with Crippen molar-refractivity contribution in [3.05, 3.63) is 16.6 Å². The Bertz CT molecular complexity index is 296. The van der Waals surface area contributed by atoms with Crippen LogP contribution in [0.15, 0.2) is 11.6 Å². The first-order valence-electron chi connectivity index (χ1n) is 6.58. The van der Waals surface area contributed by atoms with Crippen molar-refractivity contribution in [1.29, 1.82) is 0 Å². The Balaban J connectivity index is 1.56. The molecule has 2 atom stereocenters. The van der Waals surface area contributed by atoms with Crippen molar-refractivity contribution < 1.29 is 4.74 Å².